The topological polar surface area (TPSA) is 26.3 Å². The molecular weight excluding hydrogens is 167 g/mol. The molecule has 0 aromatic carbocycles. The summed E-state index contributed by atoms with van der Waals surface area (Å²) in [6.07, 6.45) is 8.06. The molecular formula is C6H9O2PS. The lowest BCUT2D eigenvalue weighted by Gasteiger charge is -2.05. The van der Waals surface area contributed by atoms with Crippen molar-refractivity contribution >= 4 is 18.0 Å². The van der Waals surface area contributed by atoms with E-state index in [4.69, 9.17) is 10.9 Å². The van der Waals surface area contributed by atoms with E-state index in [0.717, 1.165) is 6.42 Å². The fourth-order valence-corrected chi connectivity index (χ4v) is 3.74. The molecule has 0 saturated carbocycles. The molecule has 1 aliphatic rings. The van der Waals surface area contributed by atoms with Crippen molar-refractivity contribution in [2.24, 2.45) is 0 Å². The van der Waals surface area contributed by atoms with Crippen LogP contribution in [-0.4, -0.2) is 18.5 Å². The Balaban J connectivity index is 2.60. The summed E-state index contributed by atoms with van der Waals surface area (Å²) in [5, 5.41) is 0. The predicted molar refractivity (Wildman–Crippen MR) is 44.3 cm³/mol. The summed E-state index contributed by atoms with van der Waals surface area (Å²) < 4.78 is 16.5. The highest BCUT2D eigenvalue weighted by Crippen LogP contribution is 2.63. The lowest BCUT2D eigenvalue weighted by atomic mass is 10.3. The largest absolute Gasteiger partial charge is 0.305 e. The molecule has 2 unspecified atom stereocenters. The van der Waals surface area contributed by atoms with Gasteiger partial charge in [-0.2, -0.15) is 0 Å². The summed E-state index contributed by atoms with van der Waals surface area (Å²) >= 11 is 1.29. The van der Waals surface area contributed by atoms with Gasteiger partial charge in [-0.3, -0.25) is 4.57 Å². The first-order chi connectivity index (χ1) is 4.70. The monoisotopic (exact) mass is 176 g/mol. The molecule has 0 aromatic heterocycles. The average Bonchev–Trinajstić information content (AvgIpc) is 2.33. The Labute approximate surface area is 64.9 Å². The third kappa shape index (κ3) is 1.58. The van der Waals surface area contributed by atoms with E-state index >= 15 is 0 Å². The van der Waals surface area contributed by atoms with Gasteiger partial charge in [-0.1, -0.05) is 17.3 Å². The van der Waals surface area contributed by atoms with E-state index < -0.39 is 6.57 Å². The number of terminal acetylenes is 1. The van der Waals surface area contributed by atoms with Gasteiger partial charge in [-0.25, -0.2) is 0 Å². The summed E-state index contributed by atoms with van der Waals surface area (Å²) in [4.78, 5) is 0. The van der Waals surface area contributed by atoms with E-state index in [9.17, 15) is 4.57 Å². The smallest absolute Gasteiger partial charge is 0.258 e. The van der Waals surface area contributed by atoms with Crippen LogP contribution in [0.5, 0.6) is 0 Å². The molecule has 0 radical (unpaired) electrons. The van der Waals surface area contributed by atoms with E-state index in [1.807, 2.05) is 0 Å². The summed E-state index contributed by atoms with van der Waals surface area (Å²) in [5.41, 5.74) is 0. The van der Waals surface area contributed by atoms with Crippen molar-refractivity contribution in [2.45, 2.75) is 12.5 Å². The zero-order valence-electron chi connectivity index (χ0n) is 5.74. The van der Waals surface area contributed by atoms with Crippen LogP contribution in [0, 0.1) is 12.3 Å². The second kappa shape index (κ2) is 3.00. The zero-order chi connectivity index (χ0) is 7.61. The maximum absolute atomic E-state index is 11.4. The summed E-state index contributed by atoms with van der Waals surface area (Å²) in [6, 6.07) is 0. The van der Waals surface area contributed by atoms with Crippen molar-refractivity contribution < 1.29 is 9.09 Å². The molecule has 0 amide bonds. The van der Waals surface area contributed by atoms with Gasteiger partial charge in [0.2, 0.25) is 0 Å². The van der Waals surface area contributed by atoms with Crippen LogP contribution >= 0.6 is 18.0 Å². The lowest BCUT2D eigenvalue weighted by molar-refractivity contribution is 0.299. The highest BCUT2D eigenvalue weighted by molar-refractivity contribution is 8.56. The Morgan fingerprint density at radius 3 is 2.90 bits per heavy atom. The Morgan fingerprint density at radius 2 is 2.60 bits per heavy atom. The SMILES string of the molecule is C#CC1CCP(=O)(SC)O1. The van der Waals surface area contributed by atoms with Crippen LogP contribution in [-0.2, 0) is 9.09 Å². The Bertz CT molecular complexity index is 208. The molecule has 4 heteroatoms. The predicted octanol–water partition coefficient (Wildman–Crippen LogP) is 1.96. The lowest BCUT2D eigenvalue weighted by Crippen LogP contribution is -1.97. The fraction of sp³-hybridized carbons (Fsp3) is 0.667. The van der Waals surface area contributed by atoms with Gasteiger partial charge in [0, 0.05) is 6.16 Å². The maximum atomic E-state index is 11.4. The van der Waals surface area contributed by atoms with Crippen molar-refractivity contribution in [1.29, 1.82) is 0 Å². The van der Waals surface area contributed by atoms with Crippen molar-refractivity contribution in [2.75, 3.05) is 12.4 Å². The molecule has 0 aliphatic carbocycles. The summed E-state index contributed by atoms with van der Waals surface area (Å²) in [5.74, 6) is 2.45. The first-order valence-electron chi connectivity index (χ1n) is 2.99. The van der Waals surface area contributed by atoms with Gasteiger partial charge in [0.05, 0.1) is 0 Å². The van der Waals surface area contributed by atoms with Crippen molar-refractivity contribution in [3.05, 3.63) is 0 Å². The number of hydrogen-bond acceptors (Lipinski definition) is 3. The van der Waals surface area contributed by atoms with Crippen molar-refractivity contribution in [1.82, 2.24) is 0 Å². The molecule has 1 heterocycles. The van der Waals surface area contributed by atoms with Crippen LogP contribution in [0.2, 0.25) is 0 Å². The highest BCUT2D eigenvalue weighted by Gasteiger charge is 2.33. The highest BCUT2D eigenvalue weighted by atomic mass is 32.7. The van der Waals surface area contributed by atoms with Crippen LogP contribution in [0.15, 0.2) is 0 Å². The first-order valence-corrected chi connectivity index (χ1v) is 6.63. The molecule has 0 spiro atoms. The van der Waals surface area contributed by atoms with Crippen LogP contribution in [0.1, 0.15) is 6.42 Å². The van der Waals surface area contributed by atoms with Crippen molar-refractivity contribution in [3.63, 3.8) is 0 Å². The normalized spacial score (nSPS) is 39.4. The first kappa shape index (κ1) is 8.20. The Morgan fingerprint density at radius 1 is 1.90 bits per heavy atom. The molecule has 0 aromatic rings. The third-order valence-electron chi connectivity index (χ3n) is 1.42. The van der Waals surface area contributed by atoms with Gasteiger partial charge >= 0.3 is 0 Å². The summed E-state index contributed by atoms with van der Waals surface area (Å²) in [6.45, 7) is -2.35. The van der Waals surface area contributed by atoms with Crippen LogP contribution in [0.4, 0.5) is 0 Å². The Kier molecular flexibility index (Phi) is 2.46. The van der Waals surface area contributed by atoms with Crippen LogP contribution in [0.3, 0.4) is 0 Å². The van der Waals surface area contributed by atoms with E-state index in [2.05, 4.69) is 5.92 Å². The minimum atomic E-state index is -2.35. The van der Waals surface area contributed by atoms with Gasteiger partial charge in [0.15, 0.2) is 0 Å². The van der Waals surface area contributed by atoms with E-state index in [0.29, 0.717) is 6.16 Å². The fourth-order valence-electron chi connectivity index (χ4n) is 0.823. The number of hydrogen-bond donors (Lipinski definition) is 0. The molecule has 0 bridgehead atoms. The summed E-state index contributed by atoms with van der Waals surface area (Å²) in [7, 11) is 0. The maximum Gasteiger partial charge on any atom is 0.258 e. The van der Waals surface area contributed by atoms with E-state index in [-0.39, 0.29) is 6.10 Å². The van der Waals surface area contributed by atoms with Gasteiger partial charge in [-0.15, -0.1) is 6.42 Å². The molecule has 1 saturated heterocycles. The van der Waals surface area contributed by atoms with E-state index in [1.165, 1.54) is 11.4 Å². The van der Waals surface area contributed by atoms with Crippen LogP contribution < -0.4 is 0 Å². The molecule has 2 nitrogen and oxygen atoms in total. The minimum Gasteiger partial charge on any atom is -0.305 e. The van der Waals surface area contributed by atoms with Gasteiger partial charge in [0.1, 0.15) is 6.10 Å². The van der Waals surface area contributed by atoms with E-state index in [1.54, 1.807) is 6.26 Å². The van der Waals surface area contributed by atoms with Gasteiger partial charge in [-0.05, 0) is 12.7 Å². The van der Waals surface area contributed by atoms with Gasteiger partial charge < -0.3 is 4.52 Å². The molecule has 1 fully saturated rings. The Hall–Kier alpha value is 0.1000. The molecule has 0 N–H and O–H groups in total. The zero-order valence-corrected chi connectivity index (χ0v) is 7.45. The second-order valence-electron chi connectivity index (χ2n) is 2.07. The van der Waals surface area contributed by atoms with Gasteiger partial charge in [0.25, 0.3) is 6.57 Å². The standard InChI is InChI=1S/C6H9O2PS/c1-3-6-4-5-9(7,8-6)10-2/h1,6H,4-5H2,2H3. The molecule has 1 aliphatic heterocycles. The molecule has 2 atom stereocenters. The third-order valence-corrected chi connectivity index (χ3v) is 5.83. The number of rotatable bonds is 1. The molecule has 10 heavy (non-hydrogen) atoms. The quantitative estimate of drug-likeness (QED) is 0.451. The second-order valence-corrected chi connectivity index (χ2v) is 7.08. The molecule has 56 valence electrons. The molecule has 1 rings (SSSR count). The average molecular weight is 176 g/mol. The minimum absolute atomic E-state index is 0.210. The van der Waals surface area contributed by atoms with Crippen molar-refractivity contribution in [3.8, 4) is 12.3 Å². The van der Waals surface area contributed by atoms with Crippen LogP contribution in [0.25, 0.3) is 0 Å².